The Balaban J connectivity index is 2.67. The normalized spacial score (nSPS) is 15.0. The monoisotopic (exact) mass is 896 g/mol. The van der Waals surface area contributed by atoms with Gasteiger partial charge in [-0.15, -0.1) is 0 Å². The van der Waals surface area contributed by atoms with E-state index in [-0.39, 0.29) is 114 Å². The van der Waals surface area contributed by atoms with Gasteiger partial charge in [0, 0.05) is 71.3 Å². The van der Waals surface area contributed by atoms with E-state index < -0.39 is 19.3 Å². The van der Waals surface area contributed by atoms with Crippen molar-refractivity contribution < 1.29 is 67.0 Å². The van der Waals surface area contributed by atoms with Crippen LogP contribution in [0.3, 0.4) is 0 Å². The fraction of sp³-hybridized carbons (Fsp3) is 0.846. The molecule has 6 amide bonds. The largest absolute Gasteiger partial charge is 0.469 e. The van der Waals surface area contributed by atoms with E-state index in [0.717, 1.165) is 32.1 Å². The highest BCUT2D eigenvalue weighted by Crippen LogP contribution is 2.37. The maximum atomic E-state index is 13.4. The lowest BCUT2D eigenvalue weighted by Gasteiger charge is -2.34. The van der Waals surface area contributed by atoms with Crippen LogP contribution in [0.2, 0.25) is 0 Å². The van der Waals surface area contributed by atoms with Crippen molar-refractivity contribution in [1.29, 1.82) is 0 Å². The first-order valence-corrected chi connectivity index (χ1v) is 23.2. The molecule has 1 aliphatic heterocycles. The predicted molar refractivity (Wildman–Crippen MR) is 224 cm³/mol. The molecule has 0 aromatic rings. The summed E-state index contributed by atoms with van der Waals surface area (Å²) in [5.74, 6) is -1.51. The maximum absolute atomic E-state index is 13.4. The molecule has 0 bridgehead atoms. The van der Waals surface area contributed by atoms with Crippen molar-refractivity contribution in [2.75, 3.05) is 85.6 Å². The number of aliphatic hydroxyl groups is 1. The summed E-state index contributed by atoms with van der Waals surface area (Å²) in [6, 6.07) is -0.340. The van der Waals surface area contributed by atoms with Gasteiger partial charge in [0.25, 0.3) is 0 Å². The molecule has 21 nitrogen and oxygen atoms in total. The molecule has 0 saturated carbocycles. The first kappa shape index (κ1) is 55.7. The number of nitrogens with two attached hydrogens (primary N) is 2. The molecule has 0 aromatic heterocycles. The highest BCUT2D eigenvalue weighted by molar-refractivity contribution is 7.46. The van der Waals surface area contributed by atoms with Crippen LogP contribution < -0.4 is 32.7 Å². The molecular formula is C39H74N7O14P. The lowest BCUT2D eigenvalue weighted by atomic mass is 10.0. The SMILES string of the molecule is NCCCNC(=O)CCOCC(COCCC(N)=O)(COCCC(=O)NCCCNC(=O)CCCCO)NC(=O)CCCCCCCCC(=O)N1CCC[C@H]1COP(=O)(O)O. The Morgan fingerprint density at radius 3 is 1.69 bits per heavy atom. The number of primary amides is 1. The molecule has 1 unspecified atom stereocenters. The van der Waals surface area contributed by atoms with Crippen molar-refractivity contribution in [1.82, 2.24) is 26.2 Å². The van der Waals surface area contributed by atoms with Crippen LogP contribution in [0.15, 0.2) is 0 Å². The maximum Gasteiger partial charge on any atom is 0.469 e. The summed E-state index contributed by atoms with van der Waals surface area (Å²) in [7, 11) is -4.60. The van der Waals surface area contributed by atoms with E-state index in [1.54, 1.807) is 4.90 Å². The van der Waals surface area contributed by atoms with Gasteiger partial charge >= 0.3 is 7.82 Å². The molecule has 1 aliphatic rings. The summed E-state index contributed by atoms with van der Waals surface area (Å²) < 4.78 is 33.2. The van der Waals surface area contributed by atoms with Crippen LogP contribution in [-0.4, -0.2) is 152 Å². The number of ether oxygens (including phenoxy) is 3. The molecule has 1 saturated heterocycles. The number of hydrogen-bond acceptors (Lipinski definition) is 13. The number of phosphoric ester groups is 1. The van der Waals surface area contributed by atoms with Gasteiger partial charge in [0.05, 0.1) is 52.3 Å². The van der Waals surface area contributed by atoms with E-state index >= 15 is 0 Å². The molecule has 0 aliphatic carbocycles. The quantitative estimate of drug-likeness (QED) is 0.0290. The van der Waals surface area contributed by atoms with Crippen LogP contribution >= 0.6 is 7.82 Å². The second-order valence-corrected chi connectivity index (χ2v) is 16.5. The zero-order valence-electron chi connectivity index (χ0n) is 35.9. The third-order valence-corrected chi connectivity index (χ3v) is 10.2. The molecule has 22 heteroatoms. The average Bonchev–Trinajstić information content (AvgIpc) is 3.69. The van der Waals surface area contributed by atoms with Gasteiger partial charge in [0.15, 0.2) is 0 Å². The Hall–Kier alpha value is -3.27. The smallest absolute Gasteiger partial charge is 0.396 e. The van der Waals surface area contributed by atoms with Crippen LogP contribution in [0, 0.1) is 0 Å². The van der Waals surface area contributed by atoms with Crippen LogP contribution in [0.1, 0.15) is 116 Å². The summed E-state index contributed by atoms with van der Waals surface area (Å²) in [5, 5.41) is 20.1. The van der Waals surface area contributed by atoms with E-state index in [4.69, 9.17) is 40.6 Å². The van der Waals surface area contributed by atoms with Crippen molar-refractivity contribution in [3.63, 3.8) is 0 Å². The summed E-state index contributed by atoms with van der Waals surface area (Å²) in [6.45, 7) is 1.71. The number of likely N-dealkylation sites (tertiary alicyclic amines) is 1. The summed E-state index contributed by atoms with van der Waals surface area (Å²) >= 11 is 0. The third-order valence-electron chi connectivity index (χ3n) is 9.67. The summed E-state index contributed by atoms with van der Waals surface area (Å²) in [4.78, 5) is 93.6. The fourth-order valence-electron chi connectivity index (χ4n) is 6.37. The number of unbranched alkanes of at least 4 members (excludes halogenated alkanes) is 6. The number of hydrogen-bond donors (Lipinski definition) is 9. The molecule has 0 radical (unpaired) electrons. The first-order valence-electron chi connectivity index (χ1n) is 21.6. The minimum absolute atomic E-state index is 0.00507. The highest BCUT2D eigenvalue weighted by atomic mass is 31.2. The lowest BCUT2D eigenvalue weighted by Crippen LogP contribution is -2.58. The van der Waals surface area contributed by atoms with Crippen molar-refractivity contribution in [2.45, 2.75) is 127 Å². The van der Waals surface area contributed by atoms with Crippen LogP contribution in [0.4, 0.5) is 0 Å². The number of carbonyl (C=O) groups is 6. The molecule has 1 fully saturated rings. The average molecular weight is 896 g/mol. The standard InChI is InChI=1S/C39H74N7O14P/c40-19-10-20-42-35(50)17-26-58-30-39(29-57-25-16-33(41)48,31-59-27-18-36(51)44-22-11-21-43-34(49)13-7-8-24-47)45-37(52)14-5-3-1-2-4-6-15-38(53)46-23-9-12-32(46)28-60-61(54,55)56/h32,47H,1-31,40H2,(H2,41,48)(H,42,50)(H,43,49)(H,44,51)(H,45,52)(H2,54,55,56)/t32-,39?/m0/s1. The Labute approximate surface area is 360 Å². The number of aliphatic hydroxyl groups excluding tert-OH is 1. The Morgan fingerprint density at radius 1 is 0.656 bits per heavy atom. The highest BCUT2D eigenvalue weighted by Gasteiger charge is 2.34. The van der Waals surface area contributed by atoms with Crippen LogP contribution in [0.25, 0.3) is 0 Å². The fourth-order valence-corrected chi connectivity index (χ4v) is 6.73. The van der Waals surface area contributed by atoms with Gasteiger partial charge in [-0.05, 0) is 57.9 Å². The van der Waals surface area contributed by atoms with Crippen LogP contribution in [0.5, 0.6) is 0 Å². The number of phosphoric acid groups is 1. The molecule has 354 valence electrons. The second kappa shape index (κ2) is 34.2. The number of rotatable bonds is 39. The van der Waals surface area contributed by atoms with Gasteiger partial charge in [-0.25, -0.2) is 4.57 Å². The van der Waals surface area contributed by atoms with Gasteiger partial charge in [0.2, 0.25) is 35.4 Å². The molecule has 11 N–H and O–H groups in total. The minimum atomic E-state index is -4.60. The molecule has 0 spiro atoms. The number of carbonyl (C=O) groups excluding carboxylic acids is 6. The van der Waals surface area contributed by atoms with Gasteiger partial charge < -0.3 is 66.7 Å². The molecular weight excluding hydrogens is 821 g/mol. The van der Waals surface area contributed by atoms with Crippen molar-refractivity contribution >= 4 is 43.3 Å². The Kier molecular flexibility index (Phi) is 31.3. The molecule has 1 heterocycles. The second-order valence-electron chi connectivity index (χ2n) is 15.2. The number of nitrogens with zero attached hydrogens (tertiary/aromatic N) is 1. The molecule has 1 rings (SSSR count). The molecule has 2 atom stereocenters. The van der Waals surface area contributed by atoms with Gasteiger partial charge in [-0.3, -0.25) is 33.3 Å². The van der Waals surface area contributed by atoms with E-state index in [0.29, 0.717) is 90.5 Å². The van der Waals surface area contributed by atoms with Gasteiger partial charge in [0.1, 0.15) is 5.54 Å². The van der Waals surface area contributed by atoms with Gasteiger partial charge in [-0.2, -0.15) is 0 Å². The summed E-state index contributed by atoms with van der Waals surface area (Å²) in [6.07, 6.45) is 9.11. The Morgan fingerprint density at radius 2 is 1.15 bits per heavy atom. The third kappa shape index (κ3) is 30.4. The zero-order chi connectivity index (χ0) is 45.2. The van der Waals surface area contributed by atoms with Crippen molar-refractivity contribution in [3.05, 3.63) is 0 Å². The first-order chi connectivity index (χ1) is 29.2. The minimum Gasteiger partial charge on any atom is -0.396 e. The van der Waals surface area contributed by atoms with E-state index in [1.165, 1.54) is 0 Å². The van der Waals surface area contributed by atoms with Crippen LogP contribution in [-0.2, 0) is 52.1 Å². The molecule has 61 heavy (non-hydrogen) atoms. The summed E-state index contributed by atoms with van der Waals surface area (Å²) in [5.41, 5.74) is 9.55. The zero-order valence-corrected chi connectivity index (χ0v) is 36.8. The number of amides is 6. The van der Waals surface area contributed by atoms with E-state index in [9.17, 15) is 33.3 Å². The predicted octanol–water partition coefficient (Wildman–Crippen LogP) is 0.0180. The topological polar surface area (TPSA) is 320 Å². The lowest BCUT2D eigenvalue weighted by molar-refractivity contribution is -0.133. The number of nitrogens with one attached hydrogen (secondary N) is 4. The molecule has 0 aromatic carbocycles. The van der Waals surface area contributed by atoms with Crippen molar-refractivity contribution in [3.8, 4) is 0 Å². The Bertz CT molecular complexity index is 1330. The van der Waals surface area contributed by atoms with E-state index in [1.807, 2.05) is 0 Å². The van der Waals surface area contributed by atoms with Gasteiger partial charge in [-0.1, -0.05) is 25.7 Å². The van der Waals surface area contributed by atoms with E-state index in [2.05, 4.69) is 25.8 Å². The van der Waals surface area contributed by atoms with Crippen molar-refractivity contribution in [2.24, 2.45) is 11.5 Å².